The van der Waals surface area contributed by atoms with Crippen LogP contribution < -0.4 is 5.32 Å². The first-order chi connectivity index (χ1) is 8.06. The van der Waals surface area contributed by atoms with Crippen LogP contribution in [0.5, 0.6) is 0 Å². The lowest BCUT2D eigenvalue weighted by atomic mass is 10.0. The number of thiophene rings is 1. The van der Waals surface area contributed by atoms with Gasteiger partial charge in [0.15, 0.2) is 0 Å². The molecule has 1 heterocycles. The van der Waals surface area contributed by atoms with Gasteiger partial charge in [0.2, 0.25) is 0 Å². The van der Waals surface area contributed by atoms with Crippen molar-refractivity contribution in [1.29, 1.82) is 0 Å². The highest BCUT2D eigenvalue weighted by Gasteiger charge is 2.17. The van der Waals surface area contributed by atoms with Crippen LogP contribution in [-0.4, -0.2) is 31.6 Å². The normalized spacial score (nSPS) is 17.1. The molecule has 1 aromatic heterocycles. The largest absolute Gasteiger partial charge is 0.312 e. The van der Waals surface area contributed by atoms with Crippen LogP contribution in [0.15, 0.2) is 17.5 Å². The van der Waals surface area contributed by atoms with E-state index in [1.165, 1.54) is 11.3 Å². The van der Waals surface area contributed by atoms with E-state index in [0.29, 0.717) is 12.1 Å². The Morgan fingerprint density at radius 2 is 2.06 bits per heavy atom. The Bertz CT molecular complexity index is 295. The average Bonchev–Trinajstić information content (AvgIpc) is 2.81. The summed E-state index contributed by atoms with van der Waals surface area (Å²) in [6.07, 6.45) is 1.24. The summed E-state index contributed by atoms with van der Waals surface area (Å²) in [6, 6.07) is 5.43. The molecule has 0 amide bonds. The van der Waals surface area contributed by atoms with Crippen LogP contribution in [0.4, 0.5) is 0 Å². The molecule has 0 aliphatic carbocycles. The van der Waals surface area contributed by atoms with Gasteiger partial charge in [-0.1, -0.05) is 26.3 Å². The number of likely N-dealkylation sites (N-methyl/N-ethyl adjacent to an activating group) is 1. The van der Waals surface area contributed by atoms with Crippen LogP contribution in [0.3, 0.4) is 0 Å². The second kappa shape index (κ2) is 7.14. The van der Waals surface area contributed by atoms with E-state index in [2.05, 4.69) is 62.6 Å². The zero-order chi connectivity index (χ0) is 12.8. The Kier molecular flexibility index (Phi) is 6.17. The molecule has 1 rings (SSSR count). The zero-order valence-electron chi connectivity index (χ0n) is 11.7. The molecule has 2 nitrogen and oxygen atoms in total. The summed E-state index contributed by atoms with van der Waals surface area (Å²) in [5.74, 6) is 0.737. The molecular weight excluding hydrogens is 228 g/mol. The summed E-state index contributed by atoms with van der Waals surface area (Å²) in [4.78, 5) is 3.74. The van der Waals surface area contributed by atoms with E-state index in [0.717, 1.165) is 12.5 Å². The molecule has 3 atom stereocenters. The van der Waals surface area contributed by atoms with E-state index in [-0.39, 0.29) is 0 Å². The van der Waals surface area contributed by atoms with E-state index in [9.17, 15) is 0 Å². The molecule has 0 aromatic carbocycles. The molecule has 98 valence electrons. The minimum Gasteiger partial charge on any atom is -0.312 e. The third kappa shape index (κ3) is 4.41. The lowest BCUT2D eigenvalue weighted by Gasteiger charge is -2.27. The van der Waals surface area contributed by atoms with Crippen molar-refractivity contribution in [3.63, 3.8) is 0 Å². The third-order valence-electron chi connectivity index (χ3n) is 3.63. The number of hydrogen-bond acceptors (Lipinski definition) is 3. The summed E-state index contributed by atoms with van der Waals surface area (Å²) in [5, 5.41) is 5.82. The molecule has 0 spiro atoms. The van der Waals surface area contributed by atoms with E-state index >= 15 is 0 Å². The summed E-state index contributed by atoms with van der Waals surface area (Å²) in [5.41, 5.74) is 0. The van der Waals surface area contributed by atoms with Crippen LogP contribution in [0.25, 0.3) is 0 Å². The molecule has 0 aliphatic heterocycles. The Labute approximate surface area is 110 Å². The van der Waals surface area contributed by atoms with Crippen molar-refractivity contribution in [2.45, 2.75) is 39.3 Å². The highest BCUT2D eigenvalue weighted by atomic mass is 32.1. The van der Waals surface area contributed by atoms with Gasteiger partial charge in [0.1, 0.15) is 0 Å². The van der Waals surface area contributed by atoms with Crippen molar-refractivity contribution >= 4 is 11.3 Å². The Hall–Kier alpha value is -0.380. The summed E-state index contributed by atoms with van der Waals surface area (Å²) in [7, 11) is 4.31. The maximum absolute atomic E-state index is 3.67. The van der Waals surface area contributed by atoms with Crippen molar-refractivity contribution in [2.75, 3.05) is 20.6 Å². The first kappa shape index (κ1) is 14.7. The summed E-state index contributed by atoms with van der Waals surface area (Å²) in [6.45, 7) is 7.88. The molecule has 1 N–H and O–H groups in total. The molecule has 0 aliphatic rings. The third-order valence-corrected chi connectivity index (χ3v) is 4.60. The Morgan fingerprint density at radius 1 is 1.35 bits per heavy atom. The highest BCUT2D eigenvalue weighted by molar-refractivity contribution is 7.10. The molecule has 3 unspecified atom stereocenters. The van der Waals surface area contributed by atoms with Gasteiger partial charge in [0.25, 0.3) is 0 Å². The first-order valence-corrected chi connectivity index (χ1v) is 7.37. The fourth-order valence-electron chi connectivity index (χ4n) is 1.87. The summed E-state index contributed by atoms with van der Waals surface area (Å²) < 4.78 is 0. The van der Waals surface area contributed by atoms with Crippen molar-refractivity contribution in [1.82, 2.24) is 10.2 Å². The van der Waals surface area contributed by atoms with E-state index in [4.69, 9.17) is 0 Å². The standard InChI is InChI=1S/C14H26N2S/c1-6-11(2)12(3)15-10-13(16(4)5)14-8-7-9-17-14/h7-9,11-13,15H,6,10H2,1-5H3. The number of hydrogen-bond donors (Lipinski definition) is 1. The van der Waals surface area contributed by atoms with Gasteiger partial charge in [-0.3, -0.25) is 0 Å². The minimum atomic E-state index is 0.488. The monoisotopic (exact) mass is 254 g/mol. The predicted molar refractivity (Wildman–Crippen MR) is 77.7 cm³/mol. The molecule has 0 radical (unpaired) electrons. The molecule has 0 fully saturated rings. The topological polar surface area (TPSA) is 15.3 Å². The van der Waals surface area contributed by atoms with Crippen molar-refractivity contribution in [3.8, 4) is 0 Å². The average molecular weight is 254 g/mol. The van der Waals surface area contributed by atoms with Crippen LogP contribution in [0, 0.1) is 5.92 Å². The maximum Gasteiger partial charge on any atom is 0.0561 e. The molecule has 3 heteroatoms. The van der Waals surface area contributed by atoms with Crippen molar-refractivity contribution in [2.24, 2.45) is 5.92 Å². The van der Waals surface area contributed by atoms with Gasteiger partial charge in [0, 0.05) is 17.5 Å². The molecular formula is C14H26N2S. The smallest absolute Gasteiger partial charge is 0.0561 e. The Morgan fingerprint density at radius 3 is 2.53 bits per heavy atom. The van der Waals surface area contributed by atoms with Crippen LogP contribution >= 0.6 is 11.3 Å². The quantitative estimate of drug-likeness (QED) is 0.802. The number of nitrogens with zero attached hydrogens (tertiary/aromatic N) is 1. The van der Waals surface area contributed by atoms with E-state index < -0.39 is 0 Å². The van der Waals surface area contributed by atoms with Gasteiger partial charge < -0.3 is 10.2 Å². The molecule has 17 heavy (non-hydrogen) atoms. The van der Waals surface area contributed by atoms with E-state index in [1.807, 2.05) is 11.3 Å². The second-order valence-corrected chi connectivity index (χ2v) is 6.06. The van der Waals surface area contributed by atoms with Gasteiger partial charge in [0.05, 0.1) is 6.04 Å². The molecule has 0 bridgehead atoms. The molecule has 1 aromatic rings. The first-order valence-electron chi connectivity index (χ1n) is 6.49. The maximum atomic E-state index is 3.67. The van der Waals surface area contributed by atoms with Gasteiger partial charge in [-0.25, -0.2) is 0 Å². The van der Waals surface area contributed by atoms with Crippen molar-refractivity contribution < 1.29 is 0 Å². The van der Waals surface area contributed by atoms with Gasteiger partial charge in [-0.15, -0.1) is 11.3 Å². The van der Waals surface area contributed by atoms with Crippen LogP contribution in [-0.2, 0) is 0 Å². The molecule has 0 saturated carbocycles. The number of nitrogens with one attached hydrogen (secondary N) is 1. The van der Waals surface area contributed by atoms with Crippen LogP contribution in [0.2, 0.25) is 0 Å². The SMILES string of the molecule is CCC(C)C(C)NCC(c1cccs1)N(C)C. The molecule has 0 saturated heterocycles. The van der Waals surface area contributed by atoms with Gasteiger partial charge in [-0.2, -0.15) is 0 Å². The predicted octanol–water partition coefficient (Wildman–Crippen LogP) is 3.38. The second-order valence-electron chi connectivity index (χ2n) is 5.08. The highest BCUT2D eigenvalue weighted by Crippen LogP contribution is 2.22. The van der Waals surface area contributed by atoms with E-state index in [1.54, 1.807) is 0 Å². The fourth-order valence-corrected chi connectivity index (χ4v) is 2.79. The zero-order valence-corrected chi connectivity index (χ0v) is 12.6. The number of rotatable bonds is 7. The van der Waals surface area contributed by atoms with Crippen molar-refractivity contribution in [3.05, 3.63) is 22.4 Å². The van der Waals surface area contributed by atoms with Crippen LogP contribution in [0.1, 0.15) is 38.1 Å². The lowest BCUT2D eigenvalue weighted by molar-refractivity contribution is 0.270. The van der Waals surface area contributed by atoms with Gasteiger partial charge >= 0.3 is 0 Å². The summed E-state index contributed by atoms with van der Waals surface area (Å²) >= 11 is 1.84. The Balaban J connectivity index is 2.52. The minimum absolute atomic E-state index is 0.488. The lowest BCUT2D eigenvalue weighted by Crippen LogP contribution is -2.38. The fraction of sp³-hybridized carbons (Fsp3) is 0.714. The van der Waals surface area contributed by atoms with Gasteiger partial charge in [-0.05, 0) is 38.4 Å².